The predicted molar refractivity (Wildman–Crippen MR) is 200 cm³/mol. The molecule has 1 unspecified atom stereocenters. The van der Waals surface area contributed by atoms with E-state index in [1.54, 1.807) is 6.20 Å². The summed E-state index contributed by atoms with van der Waals surface area (Å²) < 4.78 is 0. The Morgan fingerprint density at radius 3 is 2.02 bits per heavy atom. The summed E-state index contributed by atoms with van der Waals surface area (Å²) in [5, 5.41) is 2.53. The maximum atomic E-state index is 5.21. The number of benzene rings is 6. The Kier molecular flexibility index (Phi) is 6.09. The van der Waals surface area contributed by atoms with Gasteiger partial charge in [0.2, 0.25) is 0 Å². The van der Waals surface area contributed by atoms with Crippen molar-refractivity contribution in [1.82, 2.24) is 15.0 Å². The first-order valence-corrected chi connectivity index (χ1v) is 16.7. The van der Waals surface area contributed by atoms with E-state index < -0.39 is 5.41 Å². The van der Waals surface area contributed by atoms with Crippen LogP contribution in [0.25, 0.3) is 68.0 Å². The largest absolute Gasteiger partial charge is 0.264 e. The quantitative estimate of drug-likeness (QED) is 0.197. The van der Waals surface area contributed by atoms with Gasteiger partial charge in [0.05, 0.1) is 16.8 Å². The van der Waals surface area contributed by atoms with Gasteiger partial charge in [0, 0.05) is 29.1 Å². The van der Waals surface area contributed by atoms with E-state index in [1.807, 2.05) is 30.5 Å². The fourth-order valence-corrected chi connectivity index (χ4v) is 8.10. The molecule has 10 rings (SSSR count). The summed E-state index contributed by atoms with van der Waals surface area (Å²) in [6, 6.07) is 54.5. The maximum absolute atomic E-state index is 5.21. The van der Waals surface area contributed by atoms with Gasteiger partial charge in [-0.25, -0.2) is 9.97 Å². The third kappa shape index (κ3) is 4.12. The number of rotatable bonds is 3. The van der Waals surface area contributed by atoms with Gasteiger partial charge in [0.15, 0.2) is 5.82 Å². The highest BCUT2D eigenvalue weighted by Crippen LogP contribution is 2.60. The molecule has 2 aromatic heterocycles. The van der Waals surface area contributed by atoms with Crippen molar-refractivity contribution in [2.45, 2.75) is 5.41 Å². The Bertz CT molecular complexity index is 2550. The molecule has 0 radical (unpaired) electrons. The standard InChI is InChI=1S/C46H29N3/c1-2-13-33(14-3-1)45-48-42(28-43(49-45)35-15-10-26-47-29-35)34-23-22-32-21-20-31-12-5-8-18-38(31)46(41(32)27-34)39-19-9-7-17-37(39)44-36-16-6-4-11-30(36)24-25-40(44)46/h1-29H. The van der Waals surface area contributed by atoms with Crippen LogP contribution in [0.3, 0.4) is 0 Å². The van der Waals surface area contributed by atoms with Gasteiger partial charge in [-0.15, -0.1) is 0 Å². The Balaban J connectivity index is 1.29. The molecule has 1 atom stereocenters. The van der Waals surface area contributed by atoms with Crippen molar-refractivity contribution in [1.29, 1.82) is 0 Å². The molecule has 0 aliphatic heterocycles. The van der Waals surface area contributed by atoms with Crippen molar-refractivity contribution in [2.75, 3.05) is 0 Å². The lowest BCUT2D eigenvalue weighted by Crippen LogP contribution is -2.30. The van der Waals surface area contributed by atoms with Gasteiger partial charge in [-0.3, -0.25) is 4.98 Å². The van der Waals surface area contributed by atoms with E-state index in [1.165, 1.54) is 55.3 Å². The van der Waals surface area contributed by atoms with Gasteiger partial charge < -0.3 is 0 Å². The van der Waals surface area contributed by atoms with Crippen LogP contribution in [0.5, 0.6) is 0 Å². The molecular formula is C46H29N3. The summed E-state index contributed by atoms with van der Waals surface area (Å²) in [4.78, 5) is 14.6. The minimum Gasteiger partial charge on any atom is -0.264 e. The van der Waals surface area contributed by atoms with Crippen molar-refractivity contribution in [3.63, 3.8) is 0 Å². The zero-order valence-electron chi connectivity index (χ0n) is 26.6. The van der Waals surface area contributed by atoms with E-state index in [4.69, 9.17) is 9.97 Å². The first-order chi connectivity index (χ1) is 24.3. The molecule has 0 saturated heterocycles. The highest BCUT2D eigenvalue weighted by molar-refractivity contribution is 6.05. The second kappa shape index (κ2) is 10.8. The number of hydrogen-bond acceptors (Lipinski definition) is 3. The van der Waals surface area contributed by atoms with Crippen LogP contribution in [-0.2, 0) is 5.41 Å². The molecule has 228 valence electrons. The lowest BCUT2D eigenvalue weighted by Gasteiger charge is -2.35. The van der Waals surface area contributed by atoms with E-state index in [-0.39, 0.29) is 0 Å². The SMILES string of the molecule is C1=Cc2ccc(-c3cc(-c4cccnc4)nc(-c4ccccc4)n3)cc2C2(c3ccccc31)c1ccccc1-c1c2ccc2ccccc12. The van der Waals surface area contributed by atoms with E-state index in [0.717, 1.165) is 28.1 Å². The van der Waals surface area contributed by atoms with Gasteiger partial charge in [0.25, 0.3) is 0 Å². The lowest BCUT2D eigenvalue weighted by molar-refractivity contribution is 0.767. The van der Waals surface area contributed by atoms with Crippen molar-refractivity contribution in [3.05, 3.63) is 197 Å². The second-order valence-electron chi connectivity index (χ2n) is 12.8. The fraction of sp³-hybridized carbons (Fsp3) is 0.0217. The molecule has 8 aromatic rings. The maximum Gasteiger partial charge on any atom is 0.160 e. The van der Waals surface area contributed by atoms with Crippen molar-refractivity contribution < 1.29 is 0 Å². The number of pyridine rings is 1. The molecule has 2 aliphatic carbocycles. The van der Waals surface area contributed by atoms with Crippen molar-refractivity contribution >= 4 is 22.9 Å². The normalized spacial score (nSPS) is 15.3. The first kappa shape index (κ1) is 27.6. The molecular weight excluding hydrogens is 595 g/mol. The van der Waals surface area contributed by atoms with Crippen LogP contribution in [0, 0.1) is 0 Å². The number of hydrogen-bond donors (Lipinski definition) is 0. The van der Waals surface area contributed by atoms with Crippen LogP contribution in [0.15, 0.2) is 164 Å². The van der Waals surface area contributed by atoms with Crippen LogP contribution in [-0.4, -0.2) is 15.0 Å². The summed E-state index contributed by atoms with van der Waals surface area (Å²) in [6.07, 6.45) is 8.22. The molecule has 0 bridgehead atoms. The molecule has 3 nitrogen and oxygen atoms in total. The van der Waals surface area contributed by atoms with E-state index >= 15 is 0 Å². The minimum atomic E-state index is -0.539. The molecule has 0 saturated carbocycles. The highest BCUT2D eigenvalue weighted by Gasteiger charge is 2.49. The molecule has 2 heterocycles. The van der Waals surface area contributed by atoms with Gasteiger partial charge in [-0.2, -0.15) is 0 Å². The number of nitrogens with zero attached hydrogens (tertiary/aromatic N) is 3. The molecule has 0 amide bonds. The fourth-order valence-electron chi connectivity index (χ4n) is 8.10. The van der Waals surface area contributed by atoms with Crippen LogP contribution in [0.2, 0.25) is 0 Å². The Morgan fingerprint density at radius 1 is 0.449 bits per heavy atom. The summed E-state index contributed by atoms with van der Waals surface area (Å²) in [7, 11) is 0. The predicted octanol–water partition coefficient (Wildman–Crippen LogP) is 10.9. The molecule has 49 heavy (non-hydrogen) atoms. The summed E-state index contributed by atoms with van der Waals surface area (Å²) in [5.74, 6) is 0.690. The number of aromatic nitrogens is 3. The smallest absolute Gasteiger partial charge is 0.160 e. The third-order valence-corrected chi connectivity index (χ3v) is 10.2. The van der Waals surface area contributed by atoms with Gasteiger partial charge >= 0.3 is 0 Å². The molecule has 1 spiro atoms. The van der Waals surface area contributed by atoms with E-state index in [2.05, 4.69) is 145 Å². The van der Waals surface area contributed by atoms with Gasteiger partial charge in [0.1, 0.15) is 0 Å². The molecule has 0 N–H and O–H groups in total. The minimum absolute atomic E-state index is 0.539. The van der Waals surface area contributed by atoms with Crippen molar-refractivity contribution in [2.24, 2.45) is 0 Å². The zero-order valence-corrected chi connectivity index (χ0v) is 26.6. The van der Waals surface area contributed by atoms with Gasteiger partial charge in [-0.05, 0) is 79.5 Å². The first-order valence-electron chi connectivity index (χ1n) is 16.7. The molecule has 3 heteroatoms. The second-order valence-corrected chi connectivity index (χ2v) is 12.8. The Labute approximate surface area is 285 Å². The van der Waals surface area contributed by atoms with E-state index in [9.17, 15) is 0 Å². The third-order valence-electron chi connectivity index (χ3n) is 10.2. The van der Waals surface area contributed by atoms with Crippen LogP contribution in [0.4, 0.5) is 0 Å². The van der Waals surface area contributed by atoms with Crippen LogP contribution < -0.4 is 0 Å². The summed E-state index contributed by atoms with van der Waals surface area (Å²) in [6.45, 7) is 0. The number of fused-ring (bicyclic) bond motifs is 11. The zero-order chi connectivity index (χ0) is 32.4. The monoisotopic (exact) mass is 623 g/mol. The molecule has 6 aromatic carbocycles. The Morgan fingerprint density at radius 2 is 1.16 bits per heavy atom. The topological polar surface area (TPSA) is 38.7 Å². The Hall–Kier alpha value is -6.45. The average molecular weight is 624 g/mol. The van der Waals surface area contributed by atoms with E-state index in [0.29, 0.717) is 5.82 Å². The van der Waals surface area contributed by atoms with Crippen molar-refractivity contribution in [3.8, 4) is 45.0 Å². The van der Waals surface area contributed by atoms with Gasteiger partial charge in [-0.1, -0.05) is 140 Å². The molecule has 2 aliphatic rings. The van der Waals surface area contributed by atoms with Crippen LogP contribution >= 0.6 is 0 Å². The van der Waals surface area contributed by atoms with Crippen LogP contribution in [0.1, 0.15) is 33.4 Å². The summed E-state index contributed by atoms with van der Waals surface area (Å²) in [5.41, 5.74) is 14.3. The highest BCUT2D eigenvalue weighted by atomic mass is 14.9. The molecule has 0 fully saturated rings. The lowest BCUT2D eigenvalue weighted by atomic mass is 9.65. The summed E-state index contributed by atoms with van der Waals surface area (Å²) >= 11 is 0. The average Bonchev–Trinajstić information content (AvgIpc) is 3.40.